The smallest absolute Gasteiger partial charge is 0.155 e. The van der Waals surface area contributed by atoms with Crippen molar-refractivity contribution in [3.05, 3.63) is 35.9 Å². The van der Waals surface area contributed by atoms with Gasteiger partial charge in [-0.05, 0) is 31.4 Å². The highest BCUT2D eigenvalue weighted by molar-refractivity contribution is 5.31. The Morgan fingerprint density at radius 3 is 2.60 bits per heavy atom. The summed E-state index contributed by atoms with van der Waals surface area (Å²) in [7, 11) is 0. The molecular formula is C17H24N2O. The third-order valence-corrected chi connectivity index (χ3v) is 3.97. The van der Waals surface area contributed by atoms with E-state index in [0.717, 1.165) is 31.4 Å². The molecular weight excluding hydrogens is 248 g/mol. The van der Waals surface area contributed by atoms with Crippen molar-refractivity contribution in [2.45, 2.75) is 50.7 Å². The van der Waals surface area contributed by atoms with Crippen LogP contribution in [0, 0.1) is 11.3 Å². The molecule has 0 aliphatic heterocycles. The Balaban J connectivity index is 2.11. The summed E-state index contributed by atoms with van der Waals surface area (Å²) < 4.78 is 6.03. The van der Waals surface area contributed by atoms with Crippen molar-refractivity contribution < 1.29 is 4.74 Å². The van der Waals surface area contributed by atoms with Gasteiger partial charge in [-0.1, -0.05) is 50.1 Å². The number of nitrogens with zero attached hydrogens (tertiary/aromatic N) is 1. The molecule has 20 heavy (non-hydrogen) atoms. The molecule has 1 N–H and O–H groups in total. The molecule has 0 spiro atoms. The SMILES string of the molecule is CCCNC(C#N)(COC1CCCC1)c1ccccc1. The molecule has 0 aromatic heterocycles. The number of benzene rings is 1. The van der Waals surface area contributed by atoms with Gasteiger partial charge in [0.1, 0.15) is 0 Å². The second-order valence-electron chi connectivity index (χ2n) is 5.53. The quantitative estimate of drug-likeness (QED) is 0.827. The van der Waals surface area contributed by atoms with E-state index in [4.69, 9.17) is 4.74 Å². The normalized spacial score (nSPS) is 18.6. The van der Waals surface area contributed by atoms with Crippen LogP contribution in [0.1, 0.15) is 44.6 Å². The predicted octanol–water partition coefficient (Wildman–Crippen LogP) is 3.36. The topological polar surface area (TPSA) is 45.0 Å². The van der Waals surface area contributed by atoms with Crippen LogP contribution >= 0.6 is 0 Å². The summed E-state index contributed by atoms with van der Waals surface area (Å²) >= 11 is 0. The molecule has 1 aromatic carbocycles. The van der Waals surface area contributed by atoms with Gasteiger partial charge in [-0.25, -0.2) is 0 Å². The Morgan fingerprint density at radius 2 is 2.00 bits per heavy atom. The van der Waals surface area contributed by atoms with Gasteiger partial charge in [-0.2, -0.15) is 5.26 Å². The van der Waals surface area contributed by atoms with E-state index in [1.807, 2.05) is 30.3 Å². The molecule has 1 aromatic rings. The Morgan fingerprint density at radius 1 is 1.30 bits per heavy atom. The molecule has 0 radical (unpaired) electrons. The van der Waals surface area contributed by atoms with Gasteiger partial charge in [-0.15, -0.1) is 0 Å². The molecule has 0 bridgehead atoms. The Bertz CT molecular complexity index is 434. The fourth-order valence-electron chi connectivity index (χ4n) is 2.73. The summed E-state index contributed by atoms with van der Waals surface area (Å²) in [5.74, 6) is 0. The molecule has 1 fully saturated rings. The van der Waals surface area contributed by atoms with Gasteiger partial charge in [0.15, 0.2) is 5.54 Å². The lowest BCUT2D eigenvalue weighted by Gasteiger charge is -2.29. The van der Waals surface area contributed by atoms with Crippen LogP contribution in [0.3, 0.4) is 0 Å². The van der Waals surface area contributed by atoms with E-state index in [2.05, 4.69) is 18.3 Å². The van der Waals surface area contributed by atoms with Gasteiger partial charge in [-0.3, -0.25) is 5.32 Å². The summed E-state index contributed by atoms with van der Waals surface area (Å²) in [6.07, 6.45) is 6.08. The standard InChI is InChI=1S/C17H24N2O/c1-2-12-19-17(13-18,15-8-4-3-5-9-15)14-20-16-10-6-7-11-16/h3-5,8-9,16,19H,2,6-7,10-12,14H2,1H3. The average molecular weight is 272 g/mol. The monoisotopic (exact) mass is 272 g/mol. The van der Waals surface area contributed by atoms with E-state index in [9.17, 15) is 5.26 Å². The first-order valence-corrected chi connectivity index (χ1v) is 7.64. The maximum atomic E-state index is 9.74. The van der Waals surface area contributed by atoms with Crippen molar-refractivity contribution in [1.82, 2.24) is 5.32 Å². The fraction of sp³-hybridized carbons (Fsp3) is 0.588. The second kappa shape index (κ2) is 7.42. The van der Waals surface area contributed by atoms with Crippen molar-refractivity contribution in [2.75, 3.05) is 13.2 Å². The van der Waals surface area contributed by atoms with E-state index < -0.39 is 5.54 Å². The third kappa shape index (κ3) is 3.59. The predicted molar refractivity (Wildman–Crippen MR) is 80.2 cm³/mol. The zero-order valence-corrected chi connectivity index (χ0v) is 12.3. The number of ether oxygens (including phenoxy) is 1. The van der Waals surface area contributed by atoms with Crippen LogP contribution in [-0.2, 0) is 10.3 Å². The molecule has 1 saturated carbocycles. The summed E-state index contributed by atoms with van der Waals surface area (Å²) in [5.41, 5.74) is 0.272. The number of hydrogen-bond acceptors (Lipinski definition) is 3. The lowest BCUT2D eigenvalue weighted by Crippen LogP contribution is -2.46. The summed E-state index contributed by atoms with van der Waals surface area (Å²) in [5, 5.41) is 13.1. The molecule has 3 nitrogen and oxygen atoms in total. The van der Waals surface area contributed by atoms with Crippen LogP contribution in [0.25, 0.3) is 0 Å². The maximum absolute atomic E-state index is 9.74. The van der Waals surface area contributed by atoms with Crippen molar-refractivity contribution in [3.8, 4) is 6.07 Å². The molecule has 1 atom stereocenters. The van der Waals surface area contributed by atoms with Crippen LogP contribution in [0.4, 0.5) is 0 Å². The molecule has 3 heteroatoms. The Labute approximate surface area is 121 Å². The molecule has 0 saturated heterocycles. The lowest BCUT2D eigenvalue weighted by atomic mass is 9.92. The Kier molecular flexibility index (Phi) is 5.58. The van der Waals surface area contributed by atoms with E-state index in [-0.39, 0.29) is 0 Å². The number of hydrogen-bond donors (Lipinski definition) is 1. The minimum absolute atomic E-state index is 0.329. The van der Waals surface area contributed by atoms with Crippen LogP contribution < -0.4 is 5.32 Å². The number of nitrogens with one attached hydrogen (secondary N) is 1. The molecule has 1 aliphatic rings. The van der Waals surface area contributed by atoms with E-state index >= 15 is 0 Å². The first-order chi connectivity index (χ1) is 9.80. The van der Waals surface area contributed by atoms with E-state index in [1.165, 1.54) is 12.8 Å². The van der Waals surface area contributed by atoms with Gasteiger partial charge in [0.2, 0.25) is 0 Å². The molecule has 1 unspecified atom stereocenters. The van der Waals surface area contributed by atoms with Crippen LogP contribution in [-0.4, -0.2) is 19.3 Å². The Hall–Kier alpha value is -1.37. The van der Waals surface area contributed by atoms with Gasteiger partial charge < -0.3 is 4.74 Å². The average Bonchev–Trinajstić information content (AvgIpc) is 3.02. The third-order valence-electron chi connectivity index (χ3n) is 3.97. The fourth-order valence-corrected chi connectivity index (χ4v) is 2.73. The van der Waals surface area contributed by atoms with Crippen molar-refractivity contribution >= 4 is 0 Å². The lowest BCUT2D eigenvalue weighted by molar-refractivity contribution is 0.0264. The zero-order chi connectivity index (χ0) is 14.3. The van der Waals surface area contributed by atoms with E-state index in [0.29, 0.717) is 12.7 Å². The van der Waals surface area contributed by atoms with Gasteiger partial charge in [0.05, 0.1) is 18.8 Å². The van der Waals surface area contributed by atoms with Gasteiger partial charge in [0, 0.05) is 0 Å². The van der Waals surface area contributed by atoms with Crippen LogP contribution in [0.5, 0.6) is 0 Å². The van der Waals surface area contributed by atoms with Crippen molar-refractivity contribution in [1.29, 1.82) is 5.26 Å². The molecule has 1 aliphatic carbocycles. The first-order valence-electron chi connectivity index (χ1n) is 7.64. The molecule has 108 valence electrons. The molecule has 0 heterocycles. The minimum atomic E-state index is -0.722. The number of nitriles is 1. The molecule has 0 amide bonds. The van der Waals surface area contributed by atoms with Crippen molar-refractivity contribution in [3.63, 3.8) is 0 Å². The largest absolute Gasteiger partial charge is 0.375 e. The molecule has 2 rings (SSSR count). The van der Waals surface area contributed by atoms with Crippen molar-refractivity contribution in [2.24, 2.45) is 0 Å². The summed E-state index contributed by atoms with van der Waals surface area (Å²) in [6, 6.07) is 12.4. The van der Waals surface area contributed by atoms with Crippen LogP contribution in [0.2, 0.25) is 0 Å². The highest BCUT2D eigenvalue weighted by Crippen LogP contribution is 2.26. The highest BCUT2D eigenvalue weighted by atomic mass is 16.5. The van der Waals surface area contributed by atoms with Crippen LogP contribution in [0.15, 0.2) is 30.3 Å². The summed E-state index contributed by atoms with van der Waals surface area (Å²) in [4.78, 5) is 0. The maximum Gasteiger partial charge on any atom is 0.155 e. The highest BCUT2D eigenvalue weighted by Gasteiger charge is 2.33. The second-order valence-corrected chi connectivity index (χ2v) is 5.53. The minimum Gasteiger partial charge on any atom is -0.375 e. The van der Waals surface area contributed by atoms with E-state index in [1.54, 1.807) is 0 Å². The number of rotatable bonds is 7. The van der Waals surface area contributed by atoms with Gasteiger partial charge in [0.25, 0.3) is 0 Å². The summed E-state index contributed by atoms with van der Waals surface area (Å²) in [6.45, 7) is 3.35. The van der Waals surface area contributed by atoms with Gasteiger partial charge >= 0.3 is 0 Å². The zero-order valence-electron chi connectivity index (χ0n) is 12.3. The first kappa shape index (κ1) is 15.0.